The van der Waals surface area contributed by atoms with Crippen LogP contribution in [0.15, 0.2) is 67.0 Å². The molecule has 6 nitrogen and oxygen atoms in total. The predicted molar refractivity (Wildman–Crippen MR) is 128 cm³/mol. The predicted octanol–water partition coefficient (Wildman–Crippen LogP) is 5.44. The minimum atomic E-state index is -0.181. The van der Waals surface area contributed by atoms with Gasteiger partial charge >= 0.3 is 0 Å². The summed E-state index contributed by atoms with van der Waals surface area (Å²) >= 11 is 1.45. The number of carbonyl (C=O) groups excluding carboxylic acids is 1. The number of pyridine rings is 1. The van der Waals surface area contributed by atoms with Gasteiger partial charge in [0.05, 0.1) is 18.4 Å². The zero-order chi connectivity index (χ0) is 22.5. The average molecular weight is 448 g/mol. The first-order chi connectivity index (χ1) is 15.5. The molecule has 0 radical (unpaired) electrons. The molecule has 1 amide bonds. The van der Waals surface area contributed by atoms with Crippen molar-refractivity contribution in [2.24, 2.45) is 0 Å². The molecular weight excluding hydrogens is 422 g/mol. The van der Waals surface area contributed by atoms with Crippen molar-refractivity contribution in [3.63, 3.8) is 0 Å². The van der Waals surface area contributed by atoms with Gasteiger partial charge in [-0.15, -0.1) is 0 Å². The van der Waals surface area contributed by atoms with E-state index in [0.29, 0.717) is 29.1 Å². The lowest BCUT2D eigenvalue weighted by molar-refractivity contribution is -0.120. The Labute approximate surface area is 191 Å². The zero-order valence-electron chi connectivity index (χ0n) is 18.3. The van der Waals surface area contributed by atoms with Crippen LogP contribution in [0.5, 0.6) is 11.5 Å². The topological polar surface area (TPSA) is 64.5 Å². The van der Waals surface area contributed by atoms with E-state index in [1.54, 1.807) is 24.4 Å². The summed E-state index contributed by atoms with van der Waals surface area (Å²) in [6, 6.07) is 17.4. The monoisotopic (exact) mass is 447 g/mol. The number of amides is 1. The molecule has 4 rings (SSSR count). The lowest BCUT2D eigenvalue weighted by Crippen LogP contribution is -2.34. The van der Waals surface area contributed by atoms with Crippen LogP contribution in [0.3, 0.4) is 0 Å². The molecule has 7 heteroatoms. The fraction of sp³-hybridized carbons (Fsp3) is 0.240. The van der Waals surface area contributed by atoms with Crippen molar-refractivity contribution < 1.29 is 14.3 Å². The average Bonchev–Trinajstić information content (AvgIpc) is 3.26. The van der Waals surface area contributed by atoms with Crippen molar-refractivity contribution in [3.8, 4) is 11.5 Å². The Morgan fingerprint density at radius 1 is 1.09 bits per heavy atom. The highest BCUT2D eigenvalue weighted by Crippen LogP contribution is 2.34. The van der Waals surface area contributed by atoms with E-state index in [4.69, 9.17) is 14.5 Å². The number of anilines is 1. The number of hydrogen-bond donors (Lipinski definition) is 0. The van der Waals surface area contributed by atoms with Gasteiger partial charge in [0, 0.05) is 12.4 Å². The Bertz CT molecular complexity index is 1190. The van der Waals surface area contributed by atoms with E-state index in [9.17, 15) is 4.79 Å². The number of rotatable bonds is 8. The zero-order valence-corrected chi connectivity index (χ0v) is 19.1. The van der Waals surface area contributed by atoms with E-state index in [1.807, 2.05) is 54.6 Å². The summed E-state index contributed by atoms with van der Waals surface area (Å²) < 4.78 is 12.2. The van der Waals surface area contributed by atoms with Gasteiger partial charge in [0.15, 0.2) is 11.7 Å². The van der Waals surface area contributed by atoms with E-state index in [0.717, 1.165) is 15.8 Å². The number of carbonyl (C=O) groups is 1. The number of thiazole rings is 1. The molecule has 164 valence electrons. The molecule has 32 heavy (non-hydrogen) atoms. The summed E-state index contributed by atoms with van der Waals surface area (Å²) in [6.07, 6.45) is 3.46. The highest BCUT2D eigenvalue weighted by Gasteiger charge is 2.22. The molecule has 0 saturated carbocycles. The molecule has 2 aromatic carbocycles. The maximum Gasteiger partial charge on any atom is 0.267 e. The Morgan fingerprint density at radius 3 is 2.59 bits per heavy atom. The van der Waals surface area contributed by atoms with Gasteiger partial charge in [0.1, 0.15) is 17.0 Å². The first kappa shape index (κ1) is 21.8. The molecule has 0 N–H and O–H groups in total. The van der Waals surface area contributed by atoms with Gasteiger partial charge in [-0.2, -0.15) is 0 Å². The molecule has 0 fully saturated rings. The van der Waals surface area contributed by atoms with E-state index >= 15 is 0 Å². The Hall–Kier alpha value is -3.45. The van der Waals surface area contributed by atoms with Crippen LogP contribution in [-0.2, 0) is 11.3 Å². The molecule has 0 spiro atoms. The van der Waals surface area contributed by atoms with Crippen molar-refractivity contribution in [1.29, 1.82) is 0 Å². The van der Waals surface area contributed by atoms with Crippen molar-refractivity contribution in [3.05, 3.63) is 78.1 Å². The Kier molecular flexibility index (Phi) is 6.66. The molecule has 0 aliphatic carbocycles. The van der Waals surface area contributed by atoms with Crippen LogP contribution in [-0.4, -0.2) is 29.6 Å². The van der Waals surface area contributed by atoms with Crippen LogP contribution in [0.2, 0.25) is 0 Å². The highest BCUT2D eigenvalue weighted by molar-refractivity contribution is 7.22. The number of nitrogens with zero attached hydrogens (tertiary/aromatic N) is 3. The van der Waals surface area contributed by atoms with Crippen LogP contribution >= 0.6 is 11.3 Å². The van der Waals surface area contributed by atoms with E-state index in [-0.39, 0.29) is 12.5 Å². The van der Waals surface area contributed by atoms with Gasteiger partial charge in [0.2, 0.25) is 0 Å². The number of benzene rings is 2. The standard InChI is InChI=1S/C25H25N3O3S/c1-17(2)19-9-11-20(12-10-19)31-16-23(29)28(15-18-6-5-13-26-14-18)25-27-24-21(30-3)7-4-8-22(24)32-25/h4-14,17H,15-16H2,1-3H3. The normalized spacial score (nSPS) is 11.0. The van der Waals surface area contributed by atoms with Gasteiger partial charge in [-0.05, 0) is 47.4 Å². The van der Waals surface area contributed by atoms with Crippen LogP contribution < -0.4 is 14.4 Å². The third-order valence-corrected chi connectivity index (χ3v) is 6.14. The van der Waals surface area contributed by atoms with Crippen LogP contribution in [0.4, 0.5) is 5.13 Å². The number of para-hydroxylation sites is 1. The smallest absolute Gasteiger partial charge is 0.267 e. The van der Waals surface area contributed by atoms with Crippen molar-refractivity contribution in [2.75, 3.05) is 18.6 Å². The molecular formula is C25H25N3O3S. The van der Waals surface area contributed by atoms with Crippen LogP contribution in [0.1, 0.15) is 30.9 Å². The van der Waals surface area contributed by atoms with Crippen molar-refractivity contribution >= 4 is 32.6 Å². The number of fused-ring (bicyclic) bond motifs is 1. The fourth-order valence-corrected chi connectivity index (χ4v) is 4.30. The second-order valence-electron chi connectivity index (χ2n) is 7.66. The first-order valence-electron chi connectivity index (χ1n) is 10.4. The van der Waals surface area contributed by atoms with E-state index in [2.05, 4.69) is 18.8 Å². The summed E-state index contributed by atoms with van der Waals surface area (Å²) in [5.41, 5.74) is 2.88. The van der Waals surface area contributed by atoms with Gasteiger partial charge < -0.3 is 9.47 Å². The van der Waals surface area contributed by atoms with Gasteiger partial charge in [0.25, 0.3) is 5.91 Å². The summed E-state index contributed by atoms with van der Waals surface area (Å²) in [7, 11) is 1.62. The molecule has 0 bridgehead atoms. The van der Waals surface area contributed by atoms with Crippen molar-refractivity contribution in [2.45, 2.75) is 26.3 Å². The van der Waals surface area contributed by atoms with Crippen LogP contribution in [0.25, 0.3) is 10.2 Å². The minimum Gasteiger partial charge on any atom is -0.494 e. The second-order valence-corrected chi connectivity index (χ2v) is 8.67. The second kappa shape index (κ2) is 9.78. The third-order valence-electron chi connectivity index (χ3n) is 5.10. The number of ether oxygens (including phenoxy) is 2. The summed E-state index contributed by atoms with van der Waals surface area (Å²) in [4.78, 5) is 23.8. The van der Waals surface area contributed by atoms with Gasteiger partial charge in [-0.25, -0.2) is 4.98 Å². The molecule has 0 aliphatic heterocycles. The Morgan fingerprint density at radius 2 is 1.91 bits per heavy atom. The fourth-order valence-electron chi connectivity index (χ4n) is 3.30. The third kappa shape index (κ3) is 4.89. The molecule has 2 heterocycles. The molecule has 0 atom stereocenters. The Balaban J connectivity index is 1.58. The van der Waals surface area contributed by atoms with E-state index in [1.165, 1.54) is 16.9 Å². The maximum atomic E-state index is 13.2. The van der Waals surface area contributed by atoms with Gasteiger partial charge in [-0.3, -0.25) is 14.7 Å². The first-order valence-corrected chi connectivity index (χ1v) is 11.2. The lowest BCUT2D eigenvalue weighted by atomic mass is 10.0. The molecule has 0 unspecified atom stereocenters. The van der Waals surface area contributed by atoms with Crippen molar-refractivity contribution in [1.82, 2.24) is 9.97 Å². The van der Waals surface area contributed by atoms with E-state index < -0.39 is 0 Å². The summed E-state index contributed by atoms with van der Waals surface area (Å²) in [5, 5.41) is 0.595. The number of methoxy groups -OCH3 is 1. The number of hydrogen-bond acceptors (Lipinski definition) is 6. The molecule has 4 aromatic rings. The minimum absolute atomic E-state index is 0.0889. The maximum absolute atomic E-state index is 13.2. The highest BCUT2D eigenvalue weighted by atomic mass is 32.1. The summed E-state index contributed by atoms with van der Waals surface area (Å²) in [5.74, 6) is 1.60. The number of aromatic nitrogens is 2. The molecule has 2 aromatic heterocycles. The summed E-state index contributed by atoms with van der Waals surface area (Å²) in [6.45, 7) is 4.55. The van der Waals surface area contributed by atoms with Crippen LogP contribution in [0, 0.1) is 0 Å². The molecule has 0 saturated heterocycles. The largest absolute Gasteiger partial charge is 0.494 e. The molecule has 0 aliphatic rings. The SMILES string of the molecule is COc1cccc2sc(N(Cc3cccnc3)C(=O)COc3ccc(C(C)C)cc3)nc12. The lowest BCUT2D eigenvalue weighted by Gasteiger charge is -2.20. The quantitative estimate of drug-likeness (QED) is 0.360. The van der Waals surface area contributed by atoms with Gasteiger partial charge in [-0.1, -0.05) is 49.4 Å².